The van der Waals surface area contributed by atoms with Crippen LogP contribution in [-0.4, -0.2) is 39.5 Å². The van der Waals surface area contributed by atoms with Crippen molar-refractivity contribution >= 4 is 17.0 Å². The van der Waals surface area contributed by atoms with Gasteiger partial charge in [0, 0.05) is 18.3 Å². The molecule has 1 aromatic heterocycles. The average Bonchev–Trinajstić information content (AvgIpc) is 2.92. The van der Waals surface area contributed by atoms with Crippen molar-refractivity contribution in [2.24, 2.45) is 0 Å². The van der Waals surface area contributed by atoms with E-state index in [1.54, 1.807) is 33.0 Å². The number of aromatic amines is 1. The molecule has 126 valence electrons. The maximum absolute atomic E-state index is 11.5. The number of amides is 1. The van der Waals surface area contributed by atoms with Gasteiger partial charge in [-0.05, 0) is 38.6 Å². The van der Waals surface area contributed by atoms with Crippen molar-refractivity contribution in [3.05, 3.63) is 36.0 Å². The quantitative estimate of drug-likeness (QED) is 0.681. The summed E-state index contributed by atoms with van der Waals surface area (Å²) in [6.45, 7) is 5.56. The molecule has 0 aliphatic carbocycles. The average molecular weight is 320 g/mol. The van der Waals surface area contributed by atoms with E-state index in [1.165, 1.54) is 0 Å². The number of carbonyl (C=O) groups excluding carboxylic acids is 1. The summed E-state index contributed by atoms with van der Waals surface area (Å²) < 4.78 is 5.11. The minimum absolute atomic E-state index is 0.216. The molecule has 0 saturated heterocycles. The topological polar surface area (TPSA) is 94.6 Å². The number of benzene rings is 1. The van der Waals surface area contributed by atoms with Crippen LogP contribution in [0.4, 0.5) is 4.79 Å². The number of aliphatic hydroxyl groups excluding tert-OH is 2. The van der Waals surface area contributed by atoms with Gasteiger partial charge >= 0.3 is 6.09 Å². The zero-order valence-electron chi connectivity index (χ0n) is 13.7. The first-order valence-electron chi connectivity index (χ1n) is 7.67. The summed E-state index contributed by atoms with van der Waals surface area (Å²) in [6.07, 6.45) is -0.545. The normalized spacial score (nSPS) is 14.5. The van der Waals surface area contributed by atoms with Gasteiger partial charge in [-0.15, -0.1) is 0 Å². The second kappa shape index (κ2) is 7.02. The Hall–Kier alpha value is -2.05. The van der Waals surface area contributed by atoms with E-state index in [0.717, 1.165) is 10.9 Å². The number of fused-ring (bicyclic) bond motifs is 1. The lowest BCUT2D eigenvalue weighted by molar-refractivity contribution is 0.0130. The van der Waals surface area contributed by atoms with Gasteiger partial charge in [0.1, 0.15) is 11.7 Å². The third-order valence-corrected chi connectivity index (χ3v) is 3.41. The summed E-state index contributed by atoms with van der Waals surface area (Å²) in [5, 5.41) is 24.0. The van der Waals surface area contributed by atoms with E-state index in [4.69, 9.17) is 4.74 Å². The highest BCUT2D eigenvalue weighted by atomic mass is 16.6. The van der Waals surface area contributed by atoms with E-state index in [-0.39, 0.29) is 13.0 Å². The SMILES string of the molecule is CC(C)(C)OC(=O)NCCC(O)C(O)c1cccc2cc[nH]c12. The van der Waals surface area contributed by atoms with Crippen molar-refractivity contribution in [3.8, 4) is 0 Å². The monoisotopic (exact) mass is 320 g/mol. The Balaban J connectivity index is 1.89. The molecule has 2 atom stereocenters. The second-order valence-corrected chi connectivity index (χ2v) is 6.52. The van der Waals surface area contributed by atoms with Gasteiger partial charge in [-0.25, -0.2) is 4.79 Å². The Kier molecular flexibility index (Phi) is 5.28. The minimum Gasteiger partial charge on any atom is -0.444 e. The van der Waals surface area contributed by atoms with E-state index >= 15 is 0 Å². The zero-order valence-corrected chi connectivity index (χ0v) is 13.7. The smallest absolute Gasteiger partial charge is 0.407 e. The number of hydrogen-bond donors (Lipinski definition) is 4. The van der Waals surface area contributed by atoms with Crippen LogP contribution in [-0.2, 0) is 4.74 Å². The van der Waals surface area contributed by atoms with Crippen molar-refractivity contribution < 1.29 is 19.7 Å². The molecule has 0 fully saturated rings. The molecule has 0 aliphatic heterocycles. The molecule has 0 spiro atoms. The van der Waals surface area contributed by atoms with E-state index in [2.05, 4.69) is 10.3 Å². The molecule has 6 heteroatoms. The molecule has 2 rings (SSSR count). The lowest BCUT2D eigenvalue weighted by atomic mass is 10.00. The highest BCUT2D eigenvalue weighted by Crippen LogP contribution is 2.26. The van der Waals surface area contributed by atoms with Gasteiger partial charge < -0.3 is 25.3 Å². The van der Waals surface area contributed by atoms with Crippen LogP contribution < -0.4 is 5.32 Å². The zero-order chi connectivity index (χ0) is 17.0. The fourth-order valence-electron chi connectivity index (χ4n) is 2.36. The number of ether oxygens (including phenoxy) is 1. The number of rotatable bonds is 5. The van der Waals surface area contributed by atoms with Crippen molar-refractivity contribution in [1.82, 2.24) is 10.3 Å². The number of nitrogens with one attached hydrogen (secondary N) is 2. The minimum atomic E-state index is -1.03. The van der Waals surface area contributed by atoms with Crippen molar-refractivity contribution in [2.75, 3.05) is 6.54 Å². The molecule has 4 N–H and O–H groups in total. The standard InChI is InChI=1S/C17H24N2O4/c1-17(2,3)23-16(22)19-10-8-13(20)15(21)12-6-4-5-11-7-9-18-14(11)12/h4-7,9,13,15,18,20-21H,8,10H2,1-3H3,(H,19,22). The highest BCUT2D eigenvalue weighted by molar-refractivity contribution is 5.82. The molecular formula is C17H24N2O4. The predicted molar refractivity (Wildman–Crippen MR) is 88.1 cm³/mol. The van der Waals surface area contributed by atoms with Gasteiger partial charge in [-0.2, -0.15) is 0 Å². The first-order chi connectivity index (χ1) is 10.8. The highest BCUT2D eigenvalue weighted by Gasteiger charge is 2.21. The van der Waals surface area contributed by atoms with Crippen molar-refractivity contribution in [3.63, 3.8) is 0 Å². The van der Waals surface area contributed by atoms with Crippen LogP contribution >= 0.6 is 0 Å². The summed E-state index contributed by atoms with van der Waals surface area (Å²) in [5.74, 6) is 0. The van der Waals surface area contributed by atoms with Crippen LogP contribution in [0.2, 0.25) is 0 Å². The molecule has 6 nitrogen and oxygen atoms in total. The van der Waals surface area contributed by atoms with E-state index in [0.29, 0.717) is 5.56 Å². The van der Waals surface area contributed by atoms with E-state index in [1.807, 2.05) is 18.2 Å². The van der Waals surface area contributed by atoms with Crippen LogP contribution in [0.3, 0.4) is 0 Å². The Morgan fingerprint density at radius 1 is 1.30 bits per heavy atom. The summed E-state index contributed by atoms with van der Waals surface area (Å²) >= 11 is 0. The van der Waals surface area contributed by atoms with Gasteiger partial charge in [-0.1, -0.05) is 18.2 Å². The number of aliphatic hydroxyl groups is 2. The molecule has 2 aromatic rings. The van der Waals surface area contributed by atoms with E-state index < -0.39 is 23.9 Å². The maximum atomic E-state index is 11.5. The Morgan fingerprint density at radius 2 is 2.04 bits per heavy atom. The number of para-hydroxylation sites is 1. The van der Waals surface area contributed by atoms with E-state index in [9.17, 15) is 15.0 Å². The summed E-state index contributed by atoms with van der Waals surface area (Å²) in [5.41, 5.74) is 0.877. The number of hydrogen-bond acceptors (Lipinski definition) is 4. The van der Waals surface area contributed by atoms with Crippen molar-refractivity contribution in [1.29, 1.82) is 0 Å². The van der Waals surface area contributed by atoms with Gasteiger partial charge in [0.25, 0.3) is 0 Å². The predicted octanol–water partition coefficient (Wildman–Crippen LogP) is 2.48. The van der Waals surface area contributed by atoms with Crippen LogP contribution in [0.25, 0.3) is 10.9 Å². The molecule has 2 unspecified atom stereocenters. The number of carbonyl (C=O) groups is 1. The molecule has 23 heavy (non-hydrogen) atoms. The fourth-order valence-corrected chi connectivity index (χ4v) is 2.36. The van der Waals surface area contributed by atoms with Gasteiger partial charge in [0.05, 0.1) is 11.6 Å². The summed E-state index contributed by atoms with van der Waals surface area (Å²) in [6, 6.07) is 7.44. The third kappa shape index (κ3) is 4.71. The van der Waals surface area contributed by atoms with Crippen LogP contribution in [0.1, 0.15) is 38.9 Å². The molecule has 0 aliphatic rings. The molecule has 1 heterocycles. The molecule has 0 bridgehead atoms. The van der Waals surface area contributed by atoms with Crippen LogP contribution in [0.5, 0.6) is 0 Å². The van der Waals surface area contributed by atoms with Crippen molar-refractivity contribution in [2.45, 2.75) is 45.0 Å². The van der Waals surface area contributed by atoms with Crippen LogP contribution in [0, 0.1) is 0 Å². The lowest BCUT2D eigenvalue weighted by Crippen LogP contribution is -2.34. The molecular weight excluding hydrogens is 296 g/mol. The summed E-state index contributed by atoms with van der Waals surface area (Å²) in [7, 11) is 0. The summed E-state index contributed by atoms with van der Waals surface area (Å²) in [4.78, 5) is 14.6. The number of aromatic nitrogens is 1. The van der Waals surface area contributed by atoms with Crippen LogP contribution in [0.15, 0.2) is 30.5 Å². The largest absolute Gasteiger partial charge is 0.444 e. The third-order valence-electron chi connectivity index (χ3n) is 3.41. The number of H-pyrrole nitrogens is 1. The maximum Gasteiger partial charge on any atom is 0.407 e. The first-order valence-corrected chi connectivity index (χ1v) is 7.67. The van der Waals surface area contributed by atoms with Gasteiger partial charge in [0.2, 0.25) is 0 Å². The molecule has 1 amide bonds. The van der Waals surface area contributed by atoms with Gasteiger partial charge in [-0.3, -0.25) is 0 Å². The Labute approximate surface area is 135 Å². The Bertz CT molecular complexity index is 660. The molecule has 0 radical (unpaired) electrons. The number of alkyl carbamates (subject to hydrolysis) is 1. The first kappa shape index (κ1) is 17.3. The molecule has 0 saturated carbocycles. The lowest BCUT2D eigenvalue weighted by Gasteiger charge is -2.21. The fraction of sp³-hybridized carbons (Fsp3) is 0.471. The molecule has 1 aromatic carbocycles. The van der Waals surface area contributed by atoms with Gasteiger partial charge in [0.15, 0.2) is 0 Å². The Morgan fingerprint density at radius 3 is 2.74 bits per heavy atom. The second-order valence-electron chi connectivity index (χ2n) is 6.52.